The number of likely N-dealkylation sites (N-methyl/N-ethyl adjacent to an activating group) is 1. The molecule has 1 unspecified atom stereocenters. The van der Waals surface area contributed by atoms with Crippen molar-refractivity contribution in [2.45, 2.75) is 38.6 Å². The van der Waals surface area contributed by atoms with Gasteiger partial charge in [-0.15, -0.1) is 0 Å². The largest absolute Gasteiger partial charge is 0.310 e. The van der Waals surface area contributed by atoms with Crippen molar-refractivity contribution >= 4 is 0 Å². The van der Waals surface area contributed by atoms with Crippen LogP contribution in [0.15, 0.2) is 48.5 Å². The van der Waals surface area contributed by atoms with Crippen LogP contribution in [0.1, 0.15) is 41.6 Å². The van der Waals surface area contributed by atoms with E-state index in [4.69, 9.17) is 0 Å². The zero-order valence-corrected chi connectivity index (χ0v) is 12.2. The Kier molecular flexibility index (Phi) is 4.17. The number of hydrogen-bond acceptors (Lipinski definition) is 1. The molecular formula is C19H23N. The van der Waals surface area contributed by atoms with Gasteiger partial charge in [0.05, 0.1) is 0 Å². The van der Waals surface area contributed by atoms with Gasteiger partial charge in [-0.3, -0.25) is 0 Å². The Balaban J connectivity index is 1.80. The summed E-state index contributed by atoms with van der Waals surface area (Å²) in [5.74, 6) is 0. The van der Waals surface area contributed by atoms with E-state index in [1.807, 2.05) is 0 Å². The van der Waals surface area contributed by atoms with Crippen molar-refractivity contribution in [2.75, 3.05) is 6.54 Å². The van der Waals surface area contributed by atoms with Gasteiger partial charge in [0.1, 0.15) is 0 Å². The summed E-state index contributed by atoms with van der Waals surface area (Å²) < 4.78 is 0. The second-order valence-corrected chi connectivity index (χ2v) is 5.68. The average Bonchev–Trinajstić information content (AvgIpc) is 2.95. The lowest BCUT2D eigenvalue weighted by molar-refractivity contribution is 0.549. The first-order valence-electron chi connectivity index (χ1n) is 7.76. The van der Waals surface area contributed by atoms with Crippen molar-refractivity contribution < 1.29 is 0 Å². The molecule has 0 heterocycles. The Morgan fingerprint density at radius 1 is 1.00 bits per heavy atom. The molecule has 1 N–H and O–H groups in total. The summed E-state index contributed by atoms with van der Waals surface area (Å²) in [7, 11) is 0. The average molecular weight is 265 g/mol. The molecule has 0 spiro atoms. The minimum Gasteiger partial charge on any atom is -0.310 e. The van der Waals surface area contributed by atoms with Gasteiger partial charge in [0, 0.05) is 6.04 Å². The Labute approximate surface area is 122 Å². The van der Waals surface area contributed by atoms with E-state index in [0.29, 0.717) is 6.04 Å². The molecule has 20 heavy (non-hydrogen) atoms. The molecular weight excluding hydrogens is 242 g/mol. The van der Waals surface area contributed by atoms with Crippen molar-refractivity contribution in [3.63, 3.8) is 0 Å². The van der Waals surface area contributed by atoms with Gasteiger partial charge in [-0.25, -0.2) is 0 Å². The van der Waals surface area contributed by atoms with Crippen LogP contribution in [0.3, 0.4) is 0 Å². The maximum atomic E-state index is 3.62. The van der Waals surface area contributed by atoms with Crippen LogP contribution in [0.5, 0.6) is 0 Å². The molecule has 3 rings (SSSR count). The molecule has 0 radical (unpaired) electrons. The number of hydrogen-bond donors (Lipinski definition) is 1. The molecule has 1 aliphatic carbocycles. The van der Waals surface area contributed by atoms with E-state index >= 15 is 0 Å². The summed E-state index contributed by atoms with van der Waals surface area (Å²) in [5.41, 5.74) is 5.98. The van der Waals surface area contributed by atoms with E-state index in [2.05, 4.69) is 60.8 Å². The highest BCUT2D eigenvalue weighted by Crippen LogP contribution is 2.25. The van der Waals surface area contributed by atoms with E-state index in [0.717, 1.165) is 13.0 Å². The minimum atomic E-state index is 0.417. The maximum absolute atomic E-state index is 3.62. The normalized spacial score (nSPS) is 15.1. The van der Waals surface area contributed by atoms with E-state index in [1.165, 1.54) is 30.4 Å². The number of nitrogens with one attached hydrogen (secondary N) is 1. The molecule has 1 aliphatic rings. The molecule has 0 aliphatic heterocycles. The molecule has 1 heteroatoms. The maximum Gasteiger partial charge on any atom is 0.0360 e. The molecule has 0 saturated heterocycles. The first-order valence-corrected chi connectivity index (χ1v) is 7.76. The third kappa shape index (κ3) is 2.94. The quantitative estimate of drug-likeness (QED) is 0.859. The third-order valence-corrected chi connectivity index (χ3v) is 4.26. The Hall–Kier alpha value is -1.60. The van der Waals surface area contributed by atoms with Gasteiger partial charge >= 0.3 is 0 Å². The SMILES string of the molecule is CCNC(Cc1ccc2c(c1)CCC2)c1ccccc1. The van der Waals surface area contributed by atoms with Crippen molar-refractivity contribution in [3.8, 4) is 0 Å². The van der Waals surface area contributed by atoms with Crippen molar-refractivity contribution in [1.82, 2.24) is 5.32 Å². The van der Waals surface area contributed by atoms with Crippen molar-refractivity contribution in [2.24, 2.45) is 0 Å². The Bertz CT molecular complexity index is 559. The first kappa shape index (κ1) is 13.4. The highest BCUT2D eigenvalue weighted by atomic mass is 14.9. The number of fused-ring (bicyclic) bond motifs is 1. The summed E-state index contributed by atoms with van der Waals surface area (Å²) in [5, 5.41) is 3.62. The van der Waals surface area contributed by atoms with Crippen molar-refractivity contribution in [1.29, 1.82) is 0 Å². The molecule has 0 amide bonds. The van der Waals surface area contributed by atoms with Crippen LogP contribution in [0, 0.1) is 0 Å². The summed E-state index contributed by atoms with van der Waals surface area (Å²) in [6, 6.07) is 18.3. The minimum absolute atomic E-state index is 0.417. The second-order valence-electron chi connectivity index (χ2n) is 5.68. The van der Waals surface area contributed by atoms with Gasteiger partial charge in [0.25, 0.3) is 0 Å². The molecule has 104 valence electrons. The van der Waals surface area contributed by atoms with Crippen LogP contribution < -0.4 is 5.32 Å². The van der Waals surface area contributed by atoms with Gasteiger partial charge in [-0.1, -0.05) is 55.5 Å². The van der Waals surface area contributed by atoms with Crippen LogP contribution in [0.4, 0.5) is 0 Å². The lowest BCUT2D eigenvalue weighted by Gasteiger charge is -2.19. The van der Waals surface area contributed by atoms with Gasteiger partial charge in [-0.05, 0) is 54.5 Å². The van der Waals surface area contributed by atoms with E-state index in [-0.39, 0.29) is 0 Å². The lowest BCUT2D eigenvalue weighted by atomic mass is 9.96. The van der Waals surface area contributed by atoms with Gasteiger partial charge in [-0.2, -0.15) is 0 Å². The van der Waals surface area contributed by atoms with Crippen LogP contribution >= 0.6 is 0 Å². The van der Waals surface area contributed by atoms with E-state index < -0.39 is 0 Å². The third-order valence-electron chi connectivity index (χ3n) is 4.26. The monoisotopic (exact) mass is 265 g/mol. The van der Waals surface area contributed by atoms with Crippen LogP contribution in [0.2, 0.25) is 0 Å². The highest BCUT2D eigenvalue weighted by molar-refractivity contribution is 5.36. The summed E-state index contributed by atoms with van der Waals surface area (Å²) in [6.45, 7) is 3.18. The Morgan fingerprint density at radius 3 is 2.60 bits per heavy atom. The van der Waals surface area contributed by atoms with Gasteiger partial charge in [0.2, 0.25) is 0 Å². The van der Waals surface area contributed by atoms with Crippen molar-refractivity contribution in [3.05, 3.63) is 70.8 Å². The van der Waals surface area contributed by atoms with E-state index in [9.17, 15) is 0 Å². The second kappa shape index (κ2) is 6.23. The molecule has 0 saturated carbocycles. The molecule has 1 atom stereocenters. The lowest BCUT2D eigenvalue weighted by Crippen LogP contribution is -2.22. The molecule has 0 aromatic heterocycles. The highest BCUT2D eigenvalue weighted by Gasteiger charge is 2.14. The van der Waals surface area contributed by atoms with E-state index in [1.54, 1.807) is 11.1 Å². The molecule has 2 aromatic rings. The number of benzene rings is 2. The summed E-state index contributed by atoms with van der Waals surface area (Å²) in [4.78, 5) is 0. The summed E-state index contributed by atoms with van der Waals surface area (Å²) >= 11 is 0. The molecule has 1 nitrogen and oxygen atoms in total. The van der Waals surface area contributed by atoms with Crippen LogP contribution in [0.25, 0.3) is 0 Å². The molecule has 2 aromatic carbocycles. The molecule has 0 fully saturated rings. The number of rotatable bonds is 5. The number of aryl methyl sites for hydroxylation is 2. The fraction of sp³-hybridized carbons (Fsp3) is 0.368. The fourth-order valence-corrected chi connectivity index (χ4v) is 3.23. The fourth-order valence-electron chi connectivity index (χ4n) is 3.23. The zero-order chi connectivity index (χ0) is 13.8. The predicted molar refractivity (Wildman–Crippen MR) is 85.0 cm³/mol. The standard InChI is InChI=1S/C19H23N/c1-2-20-19(17-7-4-3-5-8-17)14-15-11-12-16-9-6-10-18(16)13-15/h3-5,7-8,11-13,19-20H,2,6,9-10,14H2,1H3. The summed E-state index contributed by atoms with van der Waals surface area (Å²) in [6.07, 6.45) is 4.94. The predicted octanol–water partition coefficient (Wildman–Crippen LogP) is 4.07. The zero-order valence-electron chi connectivity index (χ0n) is 12.2. The molecule has 0 bridgehead atoms. The smallest absolute Gasteiger partial charge is 0.0360 e. The Morgan fingerprint density at radius 2 is 1.80 bits per heavy atom. The topological polar surface area (TPSA) is 12.0 Å². The first-order chi connectivity index (χ1) is 9.86. The van der Waals surface area contributed by atoms with Gasteiger partial charge in [0.15, 0.2) is 0 Å². The van der Waals surface area contributed by atoms with Crippen LogP contribution in [-0.2, 0) is 19.3 Å². The van der Waals surface area contributed by atoms with Crippen LogP contribution in [-0.4, -0.2) is 6.54 Å². The van der Waals surface area contributed by atoms with Gasteiger partial charge < -0.3 is 5.32 Å².